The van der Waals surface area contributed by atoms with Gasteiger partial charge < -0.3 is 4.90 Å². The molecule has 8 heteroatoms. The highest BCUT2D eigenvalue weighted by molar-refractivity contribution is 7.91. The molecule has 2 rings (SSSR count). The van der Waals surface area contributed by atoms with E-state index in [0.717, 1.165) is 5.56 Å². The molecule has 0 fully saturated rings. The standard InChI is InChI=1S/C12H14N2O5S/c1-8-5-10-6-11(20(18,19)7-13(16)17)3-4-12(10)14(8)9(2)15/h3-4,6,8H,5,7H2,1-2H3. The van der Waals surface area contributed by atoms with Crippen LogP contribution in [0.3, 0.4) is 0 Å². The van der Waals surface area contributed by atoms with E-state index in [1.54, 1.807) is 4.90 Å². The van der Waals surface area contributed by atoms with E-state index < -0.39 is 20.6 Å². The number of nitrogens with zero attached hydrogens (tertiary/aromatic N) is 2. The van der Waals surface area contributed by atoms with Crippen LogP contribution < -0.4 is 4.90 Å². The minimum Gasteiger partial charge on any atom is -0.309 e. The summed E-state index contributed by atoms with van der Waals surface area (Å²) in [6, 6.07) is 4.22. The van der Waals surface area contributed by atoms with Gasteiger partial charge in [0.05, 0.1) is 4.90 Å². The molecule has 1 amide bonds. The number of amides is 1. The number of carbonyl (C=O) groups excluding carboxylic acids is 1. The minimum absolute atomic E-state index is 0.0454. The lowest BCUT2D eigenvalue weighted by molar-refractivity contribution is -0.458. The molecule has 0 saturated heterocycles. The molecule has 0 saturated carbocycles. The summed E-state index contributed by atoms with van der Waals surface area (Å²) in [6.07, 6.45) is 0.538. The summed E-state index contributed by atoms with van der Waals surface area (Å²) in [7, 11) is -3.94. The van der Waals surface area contributed by atoms with Gasteiger partial charge in [0.25, 0.3) is 0 Å². The molecule has 108 valence electrons. The van der Waals surface area contributed by atoms with Crippen molar-refractivity contribution in [1.29, 1.82) is 0 Å². The van der Waals surface area contributed by atoms with E-state index >= 15 is 0 Å². The zero-order chi connectivity index (χ0) is 15.1. The second-order valence-electron chi connectivity index (χ2n) is 4.81. The lowest BCUT2D eigenvalue weighted by atomic mass is 10.1. The molecule has 1 unspecified atom stereocenters. The van der Waals surface area contributed by atoms with Crippen molar-refractivity contribution in [2.45, 2.75) is 31.2 Å². The van der Waals surface area contributed by atoms with E-state index in [0.29, 0.717) is 12.1 Å². The lowest BCUT2D eigenvalue weighted by Gasteiger charge is -2.20. The number of nitro groups is 1. The monoisotopic (exact) mass is 298 g/mol. The van der Waals surface area contributed by atoms with Crippen molar-refractivity contribution in [2.75, 3.05) is 10.8 Å². The van der Waals surface area contributed by atoms with Gasteiger partial charge in [-0.05, 0) is 37.1 Å². The Bertz CT molecular complexity index is 683. The maximum absolute atomic E-state index is 11.8. The molecular formula is C12H14N2O5S. The fraction of sp³-hybridized carbons (Fsp3) is 0.417. The fourth-order valence-electron chi connectivity index (χ4n) is 2.49. The molecule has 7 nitrogen and oxygen atoms in total. The first-order valence-electron chi connectivity index (χ1n) is 5.99. The Morgan fingerprint density at radius 3 is 2.70 bits per heavy atom. The van der Waals surface area contributed by atoms with Crippen LogP contribution in [0.25, 0.3) is 0 Å². The predicted molar refractivity (Wildman–Crippen MR) is 71.8 cm³/mol. The summed E-state index contributed by atoms with van der Waals surface area (Å²) >= 11 is 0. The third-order valence-electron chi connectivity index (χ3n) is 3.24. The molecule has 20 heavy (non-hydrogen) atoms. The summed E-state index contributed by atoms with van der Waals surface area (Å²) in [4.78, 5) is 22.6. The van der Waals surface area contributed by atoms with Gasteiger partial charge in [-0.15, -0.1) is 0 Å². The number of fused-ring (bicyclic) bond motifs is 1. The van der Waals surface area contributed by atoms with Crippen molar-refractivity contribution < 1.29 is 18.1 Å². The summed E-state index contributed by atoms with van der Waals surface area (Å²) in [5, 5.41) is 10.4. The maximum Gasteiger partial charge on any atom is 0.305 e. The van der Waals surface area contributed by atoms with Gasteiger partial charge in [0.1, 0.15) is 0 Å². The SMILES string of the molecule is CC(=O)N1c2ccc(S(=O)(=O)C[N+](=O)[O-])cc2CC1C. The van der Waals surface area contributed by atoms with Crippen molar-refractivity contribution in [3.8, 4) is 0 Å². The highest BCUT2D eigenvalue weighted by Crippen LogP contribution is 2.34. The van der Waals surface area contributed by atoms with Crippen LogP contribution in [0.2, 0.25) is 0 Å². The van der Waals surface area contributed by atoms with Crippen LogP contribution in [-0.2, 0) is 21.1 Å². The number of hydrogen-bond acceptors (Lipinski definition) is 5. The lowest BCUT2D eigenvalue weighted by Crippen LogP contribution is -2.33. The van der Waals surface area contributed by atoms with Crippen LogP contribution in [-0.4, -0.2) is 31.2 Å². The molecule has 1 atom stereocenters. The first-order chi connectivity index (χ1) is 9.22. The van der Waals surface area contributed by atoms with Crippen molar-refractivity contribution >= 4 is 21.4 Å². The number of sulfone groups is 1. The second-order valence-corrected chi connectivity index (χ2v) is 6.77. The molecule has 0 aliphatic carbocycles. The second kappa shape index (κ2) is 4.86. The van der Waals surface area contributed by atoms with E-state index in [1.807, 2.05) is 6.92 Å². The molecule has 1 aliphatic heterocycles. The van der Waals surface area contributed by atoms with E-state index in [9.17, 15) is 23.3 Å². The van der Waals surface area contributed by atoms with E-state index in [4.69, 9.17) is 0 Å². The maximum atomic E-state index is 11.8. The van der Waals surface area contributed by atoms with Gasteiger partial charge in [0, 0.05) is 23.6 Å². The Labute approximate surface area is 116 Å². The average Bonchev–Trinajstić information content (AvgIpc) is 2.61. The largest absolute Gasteiger partial charge is 0.309 e. The van der Waals surface area contributed by atoms with Crippen LogP contribution in [0.1, 0.15) is 19.4 Å². The first-order valence-corrected chi connectivity index (χ1v) is 7.65. The number of carbonyl (C=O) groups is 1. The van der Waals surface area contributed by atoms with Gasteiger partial charge in [-0.1, -0.05) is 0 Å². The van der Waals surface area contributed by atoms with Gasteiger partial charge in [-0.3, -0.25) is 14.9 Å². The van der Waals surface area contributed by atoms with Crippen molar-refractivity contribution in [3.05, 3.63) is 33.9 Å². The average molecular weight is 298 g/mol. The van der Waals surface area contributed by atoms with Gasteiger partial charge in [0.2, 0.25) is 15.7 Å². The molecule has 0 spiro atoms. The van der Waals surface area contributed by atoms with Gasteiger partial charge in [-0.25, -0.2) is 8.42 Å². The molecule has 1 aromatic carbocycles. The molecule has 0 N–H and O–H groups in total. The number of rotatable bonds is 3. The molecule has 1 aromatic rings. The van der Waals surface area contributed by atoms with Crippen LogP contribution in [0.15, 0.2) is 23.1 Å². The molecule has 1 heterocycles. The molecule has 0 aromatic heterocycles. The summed E-state index contributed by atoms with van der Waals surface area (Å²) in [5.74, 6) is -1.24. The Morgan fingerprint density at radius 1 is 1.50 bits per heavy atom. The van der Waals surface area contributed by atoms with Crippen molar-refractivity contribution in [2.24, 2.45) is 0 Å². The number of benzene rings is 1. The van der Waals surface area contributed by atoms with Gasteiger partial charge in [-0.2, -0.15) is 0 Å². The number of hydrogen-bond donors (Lipinski definition) is 0. The normalized spacial score (nSPS) is 17.9. The van der Waals surface area contributed by atoms with E-state index in [-0.39, 0.29) is 16.8 Å². The quantitative estimate of drug-likeness (QED) is 0.612. The molecule has 0 bridgehead atoms. The molecule has 1 aliphatic rings. The fourth-order valence-corrected chi connectivity index (χ4v) is 3.52. The van der Waals surface area contributed by atoms with Crippen LogP contribution in [0.4, 0.5) is 5.69 Å². The van der Waals surface area contributed by atoms with E-state index in [1.165, 1.54) is 25.1 Å². The third kappa shape index (κ3) is 2.51. The van der Waals surface area contributed by atoms with Crippen LogP contribution >= 0.6 is 0 Å². The number of anilines is 1. The van der Waals surface area contributed by atoms with Crippen LogP contribution in [0.5, 0.6) is 0 Å². The van der Waals surface area contributed by atoms with Crippen molar-refractivity contribution in [1.82, 2.24) is 0 Å². The van der Waals surface area contributed by atoms with Crippen molar-refractivity contribution in [3.63, 3.8) is 0 Å². The van der Waals surface area contributed by atoms with Gasteiger partial charge in [0.15, 0.2) is 0 Å². The zero-order valence-corrected chi connectivity index (χ0v) is 11.9. The third-order valence-corrected chi connectivity index (χ3v) is 4.76. The molecular weight excluding hydrogens is 284 g/mol. The summed E-state index contributed by atoms with van der Waals surface area (Å²) < 4.78 is 23.6. The predicted octanol–water partition coefficient (Wildman–Crippen LogP) is 0.992. The topological polar surface area (TPSA) is 97.6 Å². The zero-order valence-electron chi connectivity index (χ0n) is 11.1. The summed E-state index contributed by atoms with van der Waals surface area (Å²) in [6.45, 7) is 3.32. The molecule has 0 radical (unpaired) electrons. The Morgan fingerprint density at radius 2 is 2.15 bits per heavy atom. The Kier molecular flexibility index (Phi) is 3.51. The smallest absolute Gasteiger partial charge is 0.305 e. The van der Waals surface area contributed by atoms with E-state index in [2.05, 4.69) is 0 Å². The Balaban J connectivity index is 2.43. The Hall–Kier alpha value is -1.96. The van der Waals surface area contributed by atoms with Gasteiger partial charge >= 0.3 is 5.88 Å². The first kappa shape index (κ1) is 14.4. The minimum atomic E-state index is -3.94. The summed E-state index contributed by atoms with van der Waals surface area (Å²) in [5.41, 5.74) is 1.39. The van der Waals surface area contributed by atoms with Crippen LogP contribution in [0, 0.1) is 10.1 Å². The highest BCUT2D eigenvalue weighted by Gasteiger charge is 2.31. The highest BCUT2D eigenvalue weighted by atomic mass is 32.2.